The number of fused-ring (bicyclic) bond motifs is 1. The van der Waals surface area contributed by atoms with Crippen molar-refractivity contribution in [3.05, 3.63) is 51.5 Å². The molecule has 1 heterocycles. The lowest BCUT2D eigenvalue weighted by Crippen LogP contribution is -2.33. The molecule has 0 amide bonds. The summed E-state index contributed by atoms with van der Waals surface area (Å²) >= 11 is 11.8. The maximum absolute atomic E-state index is 12.4. The molecule has 0 saturated heterocycles. The van der Waals surface area contributed by atoms with E-state index in [4.69, 9.17) is 32.7 Å². The number of halogens is 3. The standard InChI is InChI=1S/C20H24Cl2N2O4S.ClH/c1-27-18-10-14-6-9-24(13-15(14)11-19(18)28-2)8-3-7-23-29(25,26)20-5-4-16(21)12-17(20)22;/h4-5,10-12,23H,3,6-9,13H2,1-2H3;1H. The van der Waals surface area contributed by atoms with Crippen molar-refractivity contribution in [3.63, 3.8) is 0 Å². The Hall–Kier alpha value is -1.22. The highest BCUT2D eigenvalue weighted by Gasteiger charge is 2.20. The zero-order valence-electron chi connectivity index (χ0n) is 16.8. The molecule has 6 nitrogen and oxygen atoms in total. The molecule has 0 unspecified atom stereocenters. The topological polar surface area (TPSA) is 67.9 Å². The normalized spacial score (nSPS) is 14.0. The Labute approximate surface area is 193 Å². The molecule has 1 N–H and O–H groups in total. The van der Waals surface area contributed by atoms with Gasteiger partial charge >= 0.3 is 0 Å². The Morgan fingerprint density at radius 1 is 1.07 bits per heavy atom. The van der Waals surface area contributed by atoms with Gasteiger partial charge < -0.3 is 9.47 Å². The van der Waals surface area contributed by atoms with Gasteiger partial charge in [-0.1, -0.05) is 23.2 Å². The van der Waals surface area contributed by atoms with Crippen molar-refractivity contribution in [1.29, 1.82) is 0 Å². The number of hydrogen-bond donors (Lipinski definition) is 1. The van der Waals surface area contributed by atoms with Crippen LogP contribution >= 0.6 is 35.6 Å². The summed E-state index contributed by atoms with van der Waals surface area (Å²) in [5.41, 5.74) is 2.47. The maximum Gasteiger partial charge on any atom is 0.242 e. The minimum atomic E-state index is -3.67. The third kappa shape index (κ3) is 5.93. The summed E-state index contributed by atoms with van der Waals surface area (Å²) in [4.78, 5) is 2.34. The van der Waals surface area contributed by atoms with Gasteiger partial charge in [0.2, 0.25) is 10.0 Å². The van der Waals surface area contributed by atoms with E-state index in [1.54, 1.807) is 14.2 Å². The Kier molecular flexibility index (Phi) is 9.09. The first-order chi connectivity index (χ1) is 13.8. The molecule has 166 valence electrons. The molecule has 10 heteroatoms. The molecule has 0 spiro atoms. The van der Waals surface area contributed by atoms with Gasteiger partial charge in [-0.3, -0.25) is 4.90 Å². The zero-order valence-corrected chi connectivity index (χ0v) is 19.9. The Bertz CT molecular complexity index is 986. The molecule has 1 aliphatic rings. The second kappa shape index (κ2) is 10.9. The van der Waals surface area contributed by atoms with E-state index in [1.165, 1.54) is 29.3 Å². The van der Waals surface area contributed by atoms with Crippen LogP contribution in [-0.4, -0.2) is 47.2 Å². The average molecular weight is 496 g/mol. The lowest BCUT2D eigenvalue weighted by Gasteiger charge is -2.29. The van der Waals surface area contributed by atoms with Gasteiger partial charge in [-0.2, -0.15) is 0 Å². The lowest BCUT2D eigenvalue weighted by molar-refractivity contribution is 0.250. The van der Waals surface area contributed by atoms with Gasteiger partial charge in [-0.05, 0) is 60.8 Å². The minimum Gasteiger partial charge on any atom is -0.493 e. The highest BCUT2D eigenvalue weighted by atomic mass is 35.5. The van der Waals surface area contributed by atoms with Gasteiger partial charge in [-0.15, -0.1) is 12.4 Å². The fourth-order valence-electron chi connectivity index (χ4n) is 3.41. The van der Waals surface area contributed by atoms with Crippen molar-refractivity contribution in [3.8, 4) is 11.5 Å². The van der Waals surface area contributed by atoms with Crippen LogP contribution in [0.25, 0.3) is 0 Å². The van der Waals surface area contributed by atoms with Crippen LogP contribution in [0.3, 0.4) is 0 Å². The van der Waals surface area contributed by atoms with Gasteiger partial charge in [0.05, 0.1) is 19.2 Å². The van der Waals surface area contributed by atoms with Crippen molar-refractivity contribution in [2.24, 2.45) is 0 Å². The molecule has 30 heavy (non-hydrogen) atoms. The molecule has 0 bridgehead atoms. The molecule has 0 fully saturated rings. The highest BCUT2D eigenvalue weighted by Crippen LogP contribution is 2.33. The number of rotatable bonds is 8. The fourth-order valence-corrected chi connectivity index (χ4v) is 5.26. The predicted octanol–water partition coefficient (Wildman–Crippen LogP) is 4.16. The van der Waals surface area contributed by atoms with Crippen LogP contribution < -0.4 is 14.2 Å². The van der Waals surface area contributed by atoms with Crippen molar-refractivity contribution in [2.75, 3.05) is 33.9 Å². The van der Waals surface area contributed by atoms with Crippen LogP contribution in [0.4, 0.5) is 0 Å². The first-order valence-electron chi connectivity index (χ1n) is 9.25. The van der Waals surface area contributed by atoms with Crippen molar-refractivity contribution >= 4 is 45.6 Å². The summed E-state index contributed by atoms with van der Waals surface area (Å²) in [6, 6.07) is 8.40. The lowest BCUT2D eigenvalue weighted by atomic mass is 9.98. The quantitative estimate of drug-likeness (QED) is 0.557. The van der Waals surface area contributed by atoms with Gasteiger partial charge in [-0.25, -0.2) is 13.1 Å². The molecule has 2 aromatic carbocycles. The molecule has 0 radical (unpaired) electrons. The molecule has 3 rings (SSSR count). The summed E-state index contributed by atoms with van der Waals surface area (Å²) in [7, 11) is -0.400. The van der Waals surface area contributed by atoms with E-state index < -0.39 is 10.0 Å². The van der Waals surface area contributed by atoms with E-state index in [9.17, 15) is 8.42 Å². The molecule has 0 aromatic heterocycles. The molecule has 2 aromatic rings. The minimum absolute atomic E-state index is 0. The smallest absolute Gasteiger partial charge is 0.242 e. The van der Waals surface area contributed by atoms with Crippen molar-refractivity contribution in [2.45, 2.75) is 24.3 Å². The number of nitrogens with zero attached hydrogens (tertiary/aromatic N) is 1. The molecule has 0 saturated carbocycles. The van der Waals surface area contributed by atoms with E-state index in [-0.39, 0.29) is 22.3 Å². The van der Waals surface area contributed by atoms with Gasteiger partial charge in [0.1, 0.15) is 4.90 Å². The highest BCUT2D eigenvalue weighted by molar-refractivity contribution is 7.89. The largest absolute Gasteiger partial charge is 0.493 e. The van der Waals surface area contributed by atoms with E-state index in [0.29, 0.717) is 18.0 Å². The van der Waals surface area contributed by atoms with Gasteiger partial charge in [0, 0.05) is 24.7 Å². The molecule has 0 aliphatic carbocycles. The third-order valence-electron chi connectivity index (χ3n) is 4.92. The second-order valence-corrected chi connectivity index (χ2v) is 9.41. The van der Waals surface area contributed by atoms with Crippen LogP contribution in [0, 0.1) is 0 Å². The molecular weight excluding hydrogens is 471 g/mol. The summed E-state index contributed by atoms with van der Waals surface area (Å²) in [6.45, 7) is 2.82. The Balaban J connectivity index is 0.00000320. The van der Waals surface area contributed by atoms with E-state index in [2.05, 4.69) is 9.62 Å². The number of hydrogen-bond acceptors (Lipinski definition) is 5. The SMILES string of the molecule is COc1cc2c(cc1OC)CN(CCCNS(=O)(=O)c1ccc(Cl)cc1Cl)CC2.Cl. The number of ether oxygens (including phenoxy) is 2. The summed E-state index contributed by atoms with van der Waals surface area (Å²) in [5, 5.41) is 0.510. The first-order valence-corrected chi connectivity index (χ1v) is 11.5. The van der Waals surface area contributed by atoms with Crippen LogP contribution in [-0.2, 0) is 23.0 Å². The monoisotopic (exact) mass is 494 g/mol. The zero-order chi connectivity index (χ0) is 21.0. The van der Waals surface area contributed by atoms with E-state index in [1.807, 2.05) is 12.1 Å². The van der Waals surface area contributed by atoms with Crippen molar-refractivity contribution < 1.29 is 17.9 Å². The van der Waals surface area contributed by atoms with Crippen molar-refractivity contribution in [1.82, 2.24) is 9.62 Å². The summed E-state index contributed by atoms with van der Waals surface area (Å²) in [6.07, 6.45) is 1.61. The molecule has 1 aliphatic heterocycles. The maximum atomic E-state index is 12.4. The van der Waals surface area contributed by atoms with Crippen LogP contribution in [0.15, 0.2) is 35.2 Å². The first kappa shape index (κ1) is 25.0. The molecule has 0 atom stereocenters. The van der Waals surface area contributed by atoms with Crippen LogP contribution in [0.1, 0.15) is 17.5 Å². The van der Waals surface area contributed by atoms with Gasteiger partial charge in [0.15, 0.2) is 11.5 Å². The van der Waals surface area contributed by atoms with Crippen LogP contribution in [0.2, 0.25) is 10.0 Å². The molecular formula is C20H25Cl3N2O4S. The number of methoxy groups -OCH3 is 2. The van der Waals surface area contributed by atoms with Gasteiger partial charge in [0.25, 0.3) is 0 Å². The van der Waals surface area contributed by atoms with E-state index in [0.717, 1.165) is 37.6 Å². The third-order valence-corrected chi connectivity index (χ3v) is 7.10. The number of sulfonamides is 1. The van der Waals surface area contributed by atoms with E-state index >= 15 is 0 Å². The fraction of sp³-hybridized carbons (Fsp3) is 0.400. The average Bonchev–Trinajstić information content (AvgIpc) is 2.69. The number of nitrogens with one attached hydrogen (secondary N) is 1. The Morgan fingerprint density at radius 3 is 2.37 bits per heavy atom. The predicted molar refractivity (Wildman–Crippen MR) is 122 cm³/mol. The second-order valence-electron chi connectivity index (χ2n) is 6.83. The Morgan fingerprint density at radius 2 is 1.73 bits per heavy atom. The van der Waals surface area contributed by atoms with Crippen LogP contribution in [0.5, 0.6) is 11.5 Å². The summed E-state index contributed by atoms with van der Waals surface area (Å²) in [5.74, 6) is 1.47. The number of benzene rings is 2. The summed E-state index contributed by atoms with van der Waals surface area (Å²) < 4.78 is 38.2.